The Morgan fingerprint density at radius 3 is 2.67 bits per heavy atom. The van der Waals surface area contributed by atoms with Crippen molar-refractivity contribution in [1.29, 1.82) is 0 Å². The van der Waals surface area contributed by atoms with E-state index in [1.807, 2.05) is 13.0 Å². The van der Waals surface area contributed by atoms with Crippen LogP contribution in [0.5, 0.6) is 0 Å². The summed E-state index contributed by atoms with van der Waals surface area (Å²) in [5, 5.41) is 21.0. The number of halogens is 1. The van der Waals surface area contributed by atoms with Gasteiger partial charge >= 0.3 is 0 Å². The van der Waals surface area contributed by atoms with Crippen molar-refractivity contribution in [2.45, 2.75) is 26.0 Å². The molecule has 1 unspecified atom stereocenters. The molecule has 0 bridgehead atoms. The Morgan fingerprint density at radius 1 is 1.37 bits per heavy atom. The van der Waals surface area contributed by atoms with E-state index in [1.54, 1.807) is 56.1 Å². The van der Waals surface area contributed by atoms with E-state index in [0.717, 1.165) is 11.1 Å². The van der Waals surface area contributed by atoms with E-state index in [0.29, 0.717) is 24.7 Å². The highest BCUT2D eigenvalue weighted by molar-refractivity contribution is 5.79. The van der Waals surface area contributed by atoms with Gasteiger partial charge in [-0.15, -0.1) is 0 Å². The summed E-state index contributed by atoms with van der Waals surface area (Å²) in [6, 6.07) is 5.10. The summed E-state index contributed by atoms with van der Waals surface area (Å²) < 4.78 is 15.8. The number of rotatable bonds is 7. The molecule has 1 aromatic heterocycles. The minimum absolute atomic E-state index is 0.262. The van der Waals surface area contributed by atoms with Crippen molar-refractivity contribution in [3.63, 3.8) is 0 Å². The van der Waals surface area contributed by atoms with Gasteiger partial charge in [0.05, 0.1) is 25.0 Å². The second-order valence-corrected chi connectivity index (χ2v) is 6.91. The standard InChI is InChI=1S/C19H29FN6O/c1-6-21-18(23-13-19(2,27)15-11-24-26(5)12-15)22-10-14-7-8-17(25(3)4)16(20)9-14/h7-9,11-12,27H,6,10,13H2,1-5H3,(H2,21,22,23). The van der Waals surface area contributed by atoms with Crippen LogP contribution in [0.25, 0.3) is 0 Å². The highest BCUT2D eigenvalue weighted by Gasteiger charge is 2.25. The summed E-state index contributed by atoms with van der Waals surface area (Å²) in [7, 11) is 5.41. The van der Waals surface area contributed by atoms with E-state index < -0.39 is 5.60 Å². The molecule has 1 atom stereocenters. The molecule has 1 heterocycles. The van der Waals surface area contributed by atoms with Crippen LogP contribution in [-0.2, 0) is 19.2 Å². The summed E-state index contributed by atoms with van der Waals surface area (Å²) in [5.74, 6) is 0.281. The lowest BCUT2D eigenvalue weighted by Gasteiger charge is -2.23. The number of aliphatic hydroxyl groups is 1. The molecule has 8 heteroatoms. The Balaban J connectivity index is 2.04. The summed E-state index contributed by atoms with van der Waals surface area (Å²) in [4.78, 5) is 6.21. The van der Waals surface area contributed by atoms with Gasteiger partial charge in [0.25, 0.3) is 0 Å². The van der Waals surface area contributed by atoms with Crippen molar-refractivity contribution < 1.29 is 9.50 Å². The quantitative estimate of drug-likeness (QED) is 0.505. The number of aliphatic imine (C=N–C) groups is 1. The molecule has 2 aromatic rings. The number of hydrogen-bond acceptors (Lipinski definition) is 4. The molecule has 0 aliphatic carbocycles. The van der Waals surface area contributed by atoms with E-state index in [9.17, 15) is 9.50 Å². The Hall–Kier alpha value is -2.61. The smallest absolute Gasteiger partial charge is 0.191 e. The van der Waals surface area contributed by atoms with Gasteiger partial charge in [-0.2, -0.15) is 5.10 Å². The molecular formula is C19H29FN6O. The van der Waals surface area contributed by atoms with Gasteiger partial charge < -0.3 is 20.6 Å². The number of hydrogen-bond donors (Lipinski definition) is 3. The minimum atomic E-state index is -1.09. The van der Waals surface area contributed by atoms with Crippen LogP contribution >= 0.6 is 0 Å². The first-order valence-corrected chi connectivity index (χ1v) is 8.92. The monoisotopic (exact) mass is 376 g/mol. The maximum Gasteiger partial charge on any atom is 0.191 e. The summed E-state index contributed by atoms with van der Waals surface area (Å²) in [6.07, 6.45) is 3.42. The van der Waals surface area contributed by atoms with E-state index in [2.05, 4.69) is 20.7 Å². The first-order valence-electron chi connectivity index (χ1n) is 8.92. The molecule has 27 heavy (non-hydrogen) atoms. The molecule has 0 aliphatic heterocycles. The van der Waals surface area contributed by atoms with Crippen molar-refractivity contribution in [3.05, 3.63) is 47.5 Å². The molecule has 0 amide bonds. The van der Waals surface area contributed by atoms with Crippen LogP contribution in [0, 0.1) is 5.82 Å². The van der Waals surface area contributed by atoms with Gasteiger partial charge in [0.1, 0.15) is 11.4 Å². The molecule has 0 saturated heterocycles. The number of nitrogens with zero attached hydrogens (tertiary/aromatic N) is 4. The topological polar surface area (TPSA) is 77.7 Å². The Labute approximate surface area is 159 Å². The van der Waals surface area contributed by atoms with Gasteiger partial charge in [0.2, 0.25) is 0 Å². The highest BCUT2D eigenvalue weighted by Crippen LogP contribution is 2.19. The third kappa shape index (κ3) is 5.68. The van der Waals surface area contributed by atoms with Crippen LogP contribution in [0.3, 0.4) is 0 Å². The average molecular weight is 376 g/mol. The fraction of sp³-hybridized carbons (Fsp3) is 0.474. The van der Waals surface area contributed by atoms with E-state index in [-0.39, 0.29) is 12.4 Å². The van der Waals surface area contributed by atoms with Gasteiger partial charge in [-0.1, -0.05) is 6.07 Å². The molecule has 0 radical (unpaired) electrons. The Bertz CT molecular complexity index is 784. The molecule has 3 N–H and O–H groups in total. The molecule has 148 valence electrons. The van der Waals surface area contributed by atoms with Crippen molar-refractivity contribution >= 4 is 11.6 Å². The number of anilines is 1. The zero-order valence-electron chi connectivity index (χ0n) is 16.6. The molecule has 2 rings (SSSR count). The van der Waals surface area contributed by atoms with Gasteiger partial charge in [-0.05, 0) is 31.5 Å². The van der Waals surface area contributed by atoms with Gasteiger partial charge in [-0.25, -0.2) is 9.38 Å². The number of aromatic nitrogens is 2. The van der Waals surface area contributed by atoms with Crippen molar-refractivity contribution in [3.8, 4) is 0 Å². The summed E-state index contributed by atoms with van der Waals surface area (Å²) in [5.41, 5.74) is 0.938. The van der Waals surface area contributed by atoms with Crippen molar-refractivity contribution in [1.82, 2.24) is 20.4 Å². The number of guanidine groups is 1. The molecule has 0 aliphatic rings. The van der Waals surface area contributed by atoms with Gasteiger partial charge in [0, 0.05) is 39.4 Å². The van der Waals surface area contributed by atoms with Crippen molar-refractivity contribution in [2.24, 2.45) is 12.0 Å². The van der Waals surface area contributed by atoms with Crippen LogP contribution in [-0.4, -0.2) is 48.0 Å². The fourth-order valence-electron chi connectivity index (χ4n) is 2.58. The first kappa shape index (κ1) is 20.7. The van der Waals surface area contributed by atoms with E-state index in [4.69, 9.17) is 0 Å². The van der Waals surface area contributed by atoms with Gasteiger partial charge in [0.15, 0.2) is 5.96 Å². The average Bonchev–Trinajstić information content (AvgIpc) is 3.04. The number of aryl methyl sites for hydroxylation is 1. The predicted octanol–water partition coefficient (Wildman–Crippen LogP) is 1.59. The molecule has 7 nitrogen and oxygen atoms in total. The molecule has 0 spiro atoms. The normalized spacial score (nSPS) is 14.0. The minimum Gasteiger partial charge on any atom is -0.383 e. The van der Waals surface area contributed by atoms with E-state index >= 15 is 0 Å². The van der Waals surface area contributed by atoms with Crippen LogP contribution < -0.4 is 15.5 Å². The second-order valence-electron chi connectivity index (χ2n) is 6.91. The second kappa shape index (κ2) is 8.85. The van der Waals surface area contributed by atoms with Crippen LogP contribution in [0.2, 0.25) is 0 Å². The lowest BCUT2D eigenvalue weighted by Crippen LogP contribution is -2.44. The SMILES string of the molecule is CCNC(=NCc1ccc(N(C)C)c(F)c1)NCC(C)(O)c1cnn(C)c1. The molecule has 0 saturated carbocycles. The largest absolute Gasteiger partial charge is 0.383 e. The third-order valence-electron chi connectivity index (χ3n) is 4.18. The fourth-order valence-corrected chi connectivity index (χ4v) is 2.58. The van der Waals surface area contributed by atoms with Gasteiger partial charge in [-0.3, -0.25) is 4.68 Å². The molecule has 1 aromatic carbocycles. The lowest BCUT2D eigenvalue weighted by atomic mass is 10.00. The highest BCUT2D eigenvalue weighted by atomic mass is 19.1. The van der Waals surface area contributed by atoms with Crippen LogP contribution in [0.1, 0.15) is 25.0 Å². The molecular weight excluding hydrogens is 347 g/mol. The predicted molar refractivity (Wildman–Crippen MR) is 106 cm³/mol. The first-order chi connectivity index (χ1) is 12.7. The van der Waals surface area contributed by atoms with Crippen LogP contribution in [0.4, 0.5) is 10.1 Å². The maximum atomic E-state index is 14.1. The lowest BCUT2D eigenvalue weighted by molar-refractivity contribution is 0.0616. The zero-order valence-corrected chi connectivity index (χ0v) is 16.6. The number of benzene rings is 1. The summed E-state index contributed by atoms with van der Waals surface area (Å²) >= 11 is 0. The van der Waals surface area contributed by atoms with Crippen LogP contribution in [0.15, 0.2) is 35.6 Å². The maximum absolute atomic E-state index is 14.1. The Kier molecular flexibility index (Phi) is 6.79. The summed E-state index contributed by atoms with van der Waals surface area (Å²) in [6.45, 7) is 4.94. The third-order valence-corrected chi connectivity index (χ3v) is 4.18. The van der Waals surface area contributed by atoms with E-state index in [1.165, 1.54) is 6.07 Å². The molecule has 0 fully saturated rings. The zero-order chi connectivity index (χ0) is 20.0. The van der Waals surface area contributed by atoms with Crippen molar-refractivity contribution in [2.75, 3.05) is 32.1 Å². The Morgan fingerprint density at radius 2 is 2.11 bits per heavy atom. The number of nitrogens with one attached hydrogen (secondary N) is 2.